The molecular formula is C30H42N4O6S. The Morgan fingerprint density at radius 2 is 1.90 bits per heavy atom. The first kappa shape index (κ1) is 30.9. The van der Waals surface area contributed by atoms with Crippen molar-refractivity contribution in [3.05, 3.63) is 39.8 Å². The molecule has 10 nitrogen and oxygen atoms in total. The van der Waals surface area contributed by atoms with Crippen LogP contribution in [0.15, 0.2) is 27.9 Å². The number of ketones is 1. The second kappa shape index (κ2) is 13.3. The summed E-state index contributed by atoms with van der Waals surface area (Å²) >= 11 is 0. The minimum absolute atomic E-state index is 0.109. The first-order valence-corrected chi connectivity index (χ1v) is 16.2. The Kier molecular flexibility index (Phi) is 10.0. The van der Waals surface area contributed by atoms with E-state index in [4.69, 9.17) is 14.8 Å². The molecule has 2 N–H and O–H groups in total. The molecule has 0 saturated carbocycles. The van der Waals surface area contributed by atoms with Gasteiger partial charge in [-0.15, -0.1) is 0 Å². The van der Waals surface area contributed by atoms with E-state index >= 15 is 0 Å². The number of aliphatic hydroxyl groups excluding tert-OH is 1. The van der Waals surface area contributed by atoms with Crippen molar-refractivity contribution in [1.29, 1.82) is 0 Å². The summed E-state index contributed by atoms with van der Waals surface area (Å²) in [5, 5.41) is 9.13. The van der Waals surface area contributed by atoms with Gasteiger partial charge in [0.1, 0.15) is 22.6 Å². The smallest absolute Gasteiger partial charge is 0.275 e. The second-order valence-electron chi connectivity index (χ2n) is 10.7. The van der Waals surface area contributed by atoms with E-state index < -0.39 is 15.6 Å². The largest absolute Gasteiger partial charge is 0.493 e. The van der Waals surface area contributed by atoms with E-state index in [9.17, 15) is 18.0 Å². The van der Waals surface area contributed by atoms with E-state index in [1.165, 1.54) is 17.3 Å². The van der Waals surface area contributed by atoms with Crippen molar-refractivity contribution in [3.63, 3.8) is 0 Å². The number of fused-ring (bicyclic) bond motifs is 1. The lowest BCUT2D eigenvalue weighted by atomic mass is 9.93. The Morgan fingerprint density at radius 3 is 2.51 bits per heavy atom. The maximum atomic E-state index is 13.7. The molecule has 11 heteroatoms. The fourth-order valence-electron chi connectivity index (χ4n) is 5.81. The Balaban J connectivity index is 1.82. The molecule has 0 radical (unpaired) electrons. The van der Waals surface area contributed by atoms with Crippen LogP contribution in [0.2, 0.25) is 0 Å². The van der Waals surface area contributed by atoms with Crippen molar-refractivity contribution in [2.45, 2.75) is 84.1 Å². The van der Waals surface area contributed by atoms with E-state index in [2.05, 4.69) is 4.98 Å². The molecule has 2 aromatic heterocycles. The predicted molar refractivity (Wildman–Crippen MR) is 159 cm³/mol. The van der Waals surface area contributed by atoms with Gasteiger partial charge >= 0.3 is 0 Å². The second-order valence-corrected chi connectivity index (χ2v) is 12.6. The van der Waals surface area contributed by atoms with E-state index in [0.717, 1.165) is 44.1 Å². The van der Waals surface area contributed by atoms with E-state index in [-0.39, 0.29) is 23.1 Å². The fourth-order valence-corrected chi connectivity index (χ4v) is 7.30. The third-order valence-corrected chi connectivity index (χ3v) is 9.70. The SMILES string of the molecule is CCCOc1ccc(S(=O)(=O)N2CCC(CCCO)CC2)cc1-c1nc2c(CCC)c(C(C)=O)n(CC)c2c(=O)[nH]1. The van der Waals surface area contributed by atoms with Gasteiger partial charge in [-0.3, -0.25) is 9.59 Å². The highest BCUT2D eigenvalue weighted by Gasteiger charge is 2.31. The maximum absolute atomic E-state index is 13.7. The van der Waals surface area contributed by atoms with Gasteiger partial charge in [-0.1, -0.05) is 20.3 Å². The van der Waals surface area contributed by atoms with Crippen molar-refractivity contribution in [1.82, 2.24) is 18.8 Å². The number of aromatic amines is 1. The number of hydrogen-bond acceptors (Lipinski definition) is 7. The molecule has 3 aromatic rings. The molecule has 1 aliphatic heterocycles. The molecule has 0 spiro atoms. The number of benzene rings is 1. The van der Waals surface area contributed by atoms with Crippen LogP contribution in [0.4, 0.5) is 0 Å². The molecule has 3 heterocycles. The maximum Gasteiger partial charge on any atom is 0.275 e. The topological polar surface area (TPSA) is 135 Å². The zero-order chi connectivity index (χ0) is 29.7. The number of aryl methyl sites for hydroxylation is 2. The van der Waals surface area contributed by atoms with Gasteiger partial charge in [-0.25, -0.2) is 13.4 Å². The molecule has 41 heavy (non-hydrogen) atoms. The number of carbonyl (C=O) groups is 1. The molecule has 0 atom stereocenters. The first-order chi connectivity index (χ1) is 19.7. The lowest BCUT2D eigenvalue weighted by Gasteiger charge is -2.31. The summed E-state index contributed by atoms with van der Waals surface area (Å²) in [4.78, 5) is 33.9. The monoisotopic (exact) mass is 586 g/mol. The lowest BCUT2D eigenvalue weighted by molar-refractivity contribution is 0.100. The molecule has 1 aromatic carbocycles. The number of H-pyrrole nitrogens is 1. The third kappa shape index (κ3) is 6.27. The minimum atomic E-state index is -3.80. The highest BCUT2D eigenvalue weighted by Crippen LogP contribution is 2.34. The Labute approximate surface area is 241 Å². The summed E-state index contributed by atoms with van der Waals surface area (Å²) in [5.74, 6) is 0.904. The molecule has 0 amide bonds. The molecule has 1 aliphatic rings. The van der Waals surface area contributed by atoms with Crippen LogP contribution in [-0.2, 0) is 23.0 Å². The number of Topliss-reactive ketones (excluding diaryl/α,β-unsaturated/α-hetero) is 1. The molecular weight excluding hydrogens is 544 g/mol. The van der Waals surface area contributed by atoms with Crippen LogP contribution >= 0.6 is 0 Å². The molecule has 224 valence electrons. The van der Waals surface area contributed by atoms with Crippen molar-refractivity contribution in [2.24, 2.45) is 5.92 Å². The van der Waals surface area contributed by atoms with Crippen LogP contribution in [0.25, 0.3) is 22.4 Å². The average Bonchev–Trinajstić information content (AvgIpc) is 3.29. The van der Waals surface area contributed by atoms with E-state index in [1.54, 1.807) is 16.7 Å². The summed E-state index contributed by atoms with van der Waals surface area (Å²) in [5.41, 5.74) is 2.00. The van der Waals surface area contributed by atoms with Crippen LogP contribution in [-0.4, -0.2) is 64.5 Å². The van der Waals surface area contributed by atoms with Crippen molar-refractivity contribution in [2.75, 3.05) is 26.3 Å². The fraction of sp³-hybridized carbons (Fsp3) is 0.567. The molecule has 0 aliphatic carbocycles. The normalized spacial score (nSPS) is 15.0. The van der Waals surface area contributed by atoms with Gasteiger partial charge in [-0.05, 0) is 69.6 Å². The summed E-state index contributed by atoms with van der Waals surface area (Å²) in [6, 6.07) is 4.70. The van der Waals surface area contributed by atoms with Crippen molar-refractivity contribution in [3.8, 4) is 17.1 Å². The Hall–Kier alpha value is -3.02. The van der Waals surface area contributed by atoms with Crippen molar-refractivity contribution < 1.29 is 23.1 Å². The number of nitrogens with one attached hydrogen (secondary N) is 1. The lowest BCUT2D eigenvalue weighted by Crippen LogP contribution is -2.38. The Morgan fingerprint density at radius 1 is 1.17 bits per heavy atom. The van der Waals surface area contributed by atoms with Crippen LogP contribution < -0.4 is 10.3 Å². The van der Waals surface area contributed by atoms with Gasteiger partial charge < -0.3 is 19.4 Å². The van der Waals surface area contributed by atoms with Gasteiger partial charge in [0, 0.05) is 38.7 Å². The van der Waals surface area contributed by atoms with Crippen molar-refractivity contribution >= 4 is 26.8 Å². The quantitative estimate of drug-likeness (QED) is 0.281. The zero-order valence-electron chi connectivity index (χ0n) is 24.5. The van der Waals surface area contributed by atoms with Gasteiger partial charge in [0.05, 0.1) is 22.8 Å². The number of aromatic nitrogens is 3. The predicted octanol–water partition coefficient (Wildman–Crippen LogP) is 4.53. The summed E-state index contributed by atoms with van der Waals surface area (Å²) in [6.07, 6.45) is 5.22. The number of sulfonamides is 1. The number of carbonyl (C=O) groups excluding carboxylic acids is 1. The van der Waals surface area contributed by atoms with Gasteiger partial charge in [0.2, 0.25) is 10.0 Å². The number of rotatable bonds is 13. The molecule has 0 bridgehead atoms. The average molecular weight is 587 g/mol. The number of nitrogens with zero attached hydrogens (tertiary/aromatic N) is 3. The molecule has 1 fully saturated rings. The molecule has 4 rings (SSSR count). The Bertz CT molecular complexity index is 1550. The molecule has 0 unspecified atom stereocenters. The molecule has 1 saturated heterocycles. The number of piperidine rings is 1. The minimum Gasteiger partial charge on any atom is -0.493 e. The highest BCUT2D eigenvalue weighted by atomic mass is 32.2. The van der Waals surface area contributed by atoms with Gasteiger partial charge in [0.25, 0.3) is 5.56 Å². The third-order valence-electron chi connectivity index (χ3n) is 7.81. The highest BCUT2D eigenvalue weighted by molar-refractivity contribution is 7.89. The van der Waals surface area contributed by atoms with Crippen LogP contribution in [0.1, 0.15) is 82.3 Å². The first-order valence-electron chi connectivity index (χ1n) is 14.7. The van der Waals surface area contributed by atoms with Crippen LogP contribution in [0.5, 0.6) is 5.75 Å². The number of ether oxygens (including phenoxy) is 1. The van der Waals surface area contributed by atoms with E-state index in [0.29, 0.717) is 66.6 Å². The number of aliphatic hydroxyl groups is 1. The summed E-state index contributed by atoms with van der Waals surface area (Å²) in [6.45, 7) is 9.20. The van der Waals surface area contributed by atoms with Gasteiger partial charge in [-0.2, -0.15) is 4.31 Å². The standard InChI is InChI=1S/C30H42N4O6S/c1-5-9-23-26-28(34(7-3)27(23)20(4)36)30(37)32-29(31-26)24-19-22(11-12-25(24)40-18-6-2)41(38,39)33-15-13-21(14-16-33)10-8-17-35/h11-12,19,21,35H,5-10,13-18H2,1-4H3,(H,31,32,37). The number of hydrogen-bond donors (Lipinski definition) is 2. The van der Waals surface area contributed by atoms with Crippen LogP contribution in [0.3, 0.4) is 0 Å². The van der Waals surface area contributed by atoms with E-state index in [1.807, 2.05) is 20.8 Å². The summed E-state index contributed by atoms with van der Waals surface area (Å²) < 4.78 is 36.6. The zero-order valence-corrected chi connectivity index (χ0v) is 25.3. The summed E-state index contributed by atoms with van der Waals surface area (Å²) in [7, 11) is -3.80. The van der Waals surface area contributed by atoms with Crippen LogP contribution in [0, 0.1) is 5.92 Å². The van der Waals surface area contributed by atoms with Gasteiger partial charge in [0.15, 0.2) is 5.78 Å².